The summed E-state index contributed by atoms with van der Waals surface area (Å²) in [6, 6.07) is 12.0. The van der Waals surface area contributed by atoms with Gasteiger partial charge in [0.25, 0.3) is 0 Å². The third-order valence-corrected chi connectivity index (χ3v) is 5.98. The molecule has 0 aromatic heterocycles. The number of nitrogens with one attached hydrogen (secondary N) is 1. The van der Waals surface area contributed by atoms with Gasteiger partial charge in [0.05, 0.1) is 6.42 Å². The second-order valence-electron chi connectivity index (χ2n) is 8.84. The van der Waals surface area contributed by atoms with Crippen molar-refractivity contribution in [3.8, 4) is 11.8 Å². The van der Waals surface area contributed by atoms with E-state index in [1.54, 1.807) is 6.07 Å². The summed E-state index contributed by atoms with van der Waals surface area (Å²) in [5.41, 5.74) is 4.47. The highest BCUT2D eigenvalue weighted by molar-refractivity contribution is 5.70. The first-order valence-electron chi connectivity index (χ1n) is 10.2. The molecule has 29 heavy (non-hydrogen) atoms. The molecule has 3 nitrogen and oxygen atoms in total. The molecule has 2 aliphatic carbocycles. The minimum atomic E-state index is -1.05. The van der Waals surface area contributed by atoms with Gasteiger partial charge in [0.2, 0.25) is 0 Å². The molecule has 1 saturated carbocycles. The van der Waals surface area contributed by atoms with Gasteiger partial charge in [-0.2, -0.15) is 0 Å². The van der Waals surface area contributed by atoms with Gasteiger partial charge in [-0.25, -0.2) is 4.39 Å². The van der Waals surface area contributed by atoms with Crippen molar-refractivity contribution >= 4 is 5.97 Å². The number of carboxylic acids is 1. The average Bonchev–Trinajstić information content (AvgIpc) is 3.48. The molecule has 0 amide bonds. The van der Waals surface area contributed by atoms with Crippen LogP contribution in [0.2, 0.25) is 0 Å². The van der Waals surface area contributed by atoms with Gasteiger partial charge in [0, 0.05) is 23.2 Å². The molecule has 0 spiro atoms. The van der Waals surface area contributed by atoms with Gasteiger partial charge in [-0.15, -0.1) is 0 Å². The number of carboxylic acid groups (broad SMARTS) is 1. The molecule has 0 bridgehead atoms. The number of hydrogen-bond acceptors (Lipinski definition) is 2. The summed E-state index contributed by atoms with van der Waals surface area (Å²) >= 11 is 0. The van der Waals surface area contributed by atoms with Crippen molar-refractivity contribution in [2.24, 2.45) is 0 Å². The molecule has 4 heteroatoms. The van der Waals surface area contributed by atoms with Gasteiger partial charge >= 0.3 is 5.97 Å². The minimum absolute atomic E-state index is 0.110. The summed E-state index contributed by atoms with van der Waals surface area (Å²) in [6.07, 6.45) is 4.53. The highest BCUT2D eigenvalue weighted by Crippen LogP contribution is 2.43. The molecule has 1 unspecified atom stereocenters. The van der Waals surface area contributed by atoms with E-state index in [0.29, 0.717) is 17.6 Å². The zero-order chi connectivity index (χ0) is 20.6. The minimum Gasteiger partial charge on any atom is -0.481 e. The molecule has 1 atom stereocenters. The molecule has 0 heterocycles. The first kappa shape index (κ1) is 19.7. The van der Waals surface area contributed by atoms with Gasteiger partial charge in [-0.05, 0) is 72.1 Å². The van der Waals surface area contributed by atoms with Crippen LogP contribution in [0.1, 0.15) is 73.4 Å². The molecule has 1 fully saturated rings. The van der Waals surface area contributed by atoms with Gasteiger partial charge < -0.3 is 10.4 Å². The van der Waals surface area contributed by atoms with Crippen molar-refractivity contribution in [2.75, 3.05) is 0 Å². The lowest BCUT2D eigenvalue weighted by atomic mass is 9.70. The number of hydrogen-bond donors (Lipinski definition) is 2. The molecule has 2 aromatic rings. The Labute approximate surface area is 171 Å². The summed E-state index contributed by atoms with van der Waals surface area (Å²) in [5, 5.41) is 12.6. The van der Waals surface area contributed by atoms with Crippen molar-refractivity contribution in [1.82, 2.24) is 5.32 Å². The summed E-state index contributed by atoms with van der Waals surface area (Å²) in [4.78, 5) is 10.8. The van der Waals surface area contributed by atoms with E-state index in [9.17, 15) is 9.18 Å². The van der Waals surface area contributed by atoms with E-state index in [0.717, 1.165) is 18.4 Å². The second-order valence-corrected chi connectivity index (χ2v) is 8.84. The number of rotatable bonds is 4. The van der Waals surface area contributed by atoms with E-state index in [1.165, 1.54) is 36.1 Å². The average molecular weight is 391 g/mol. The van der Waals surface area contributed by atoms with E-state index in [1.807, 2.05) is 6.07 Å². The third kappa shape index (κ3) is 4.52. The topological polar surface area (TPSA) is 49.3 Å². The van der Waals surface area contributed by atoms with Crippen LogP contribution in [0.5, 0.6) is 0 Å². The van der Waals surface area contributed by atoms with Crippen LogP contribution in [0.25, 0.3) is 0 Å². The fourth-order valence-electron chi connectivity index (χ4n) is 4.10. The van der Waals surface area contributed by atoms with Crippen LogP contribution in [0.4, 0.5) is 4.39 Å². The lowest BCUT2D eigenvalue weighted by Crippen LogP contribution is -2.33. The fraction of sp³-hybridized carbons (Fsp3) is 0.400. The van der Waals surface area contributed by atoms with Crippen LogP contribution < -0.4 is 5.32 Å². The van der Waals surface area contributed by atoms with Gasteiger partial charge in [0.1, 0.15) is 5.82 Å². The van der Waals surface area contributed by atoms with Crippen LogP contribution in [-0.4, -0.2) is 17.1 Å². The maximum Gasteiger partial charge on any atom is 0.307 e. The van der Waals surface area contributed by atoms with Crippen molar-refractivity contribution < 1.29 is 14.3 Å². The second kappa shape index (κ2) is 7.65. The van der Waals surface area contributed by atoms with E-state index in [4.69, 9.17) is 5.11 Å². The molecular formula is C25H26FNO2. The van der Waals surface area contributed by atoms with E-state index < -0.39 is 11.8 Å². The molecule has 0 radical (unpaired) electrons. The lowest BCUT2D eigenvalue weighted by molar-refractivity contribution is -0.136. The molecule has 2 N–H and O–H groups in total. The maximum absolute atomic E-state index is 14.1. The lowest BCUT2D eigenvalue weighted by Gasteiger charge is -2.37. The summed E-state index contributed by atoms with van der Waals surface area (Å²) in [7, 11) is 0. The molecule has 4 rings (SSSR count). The zero-order valence-corrected chi connectivity index (χ0v) is 16.9. The Morgan fingerprint density at radius 2 is 1.83 bits per heavy atom. The number of carbonyl (C=O) groups is 1. The SMILES string of the molecule is CC1(C)CCC(NC2CC2)c2ccc(C#Cc3ccc(CC(=O)O)c(F)c3)cc21. The van der Waals surface area contributed by atoms with Gasteiger partial charge in [-0.1, -0.05) is 37.8 Å². The molecule has 2 aliphatic rings. The van der Waals surface area contributed by atoms with E-state index in [-0.39, 0.29) is 17.4 Å². The standard InChI is InChI=1S/C25H26FNO2/c1-25(2)12-11-23(27-19-8-9-19)20-10-6-16(13-21(20)25)3-4-17-5-7-18(15-24(28)29)22(26)14-17/h5-7,10,13-14,19,23,27H,8-9,11-12,15H2,1-2H3,(H,28,29). The largest absolute Gasteiger partial charge is 0.481 e. The van der Waals surface area contributed by atoms with Crippen molar-refractivity contribution in [3.05, 3.63) is 70.0 Å². The smallest absolute Gasteiger partial charge is 0.307 e. The van der Waals surface area contributed by atoms with Crippen molar-refractivity contribution in [2.45, 2.75) is 63.5 Å². The Kier molecular flexibility index (Phi) is 5.19. The highest BCUT2D eigenvalue weighted by atomic mass is 19.1. The fourth-order valence-corrected chi connectivity index (χ4v) is 4.10. The molecule has 0 saturated heterocycles. The Balaban J connectivity index is 1.59. The molecule has 150 valence electrons. The monoisotopic (exact) mass is 391 g/mol. The first-order chi connectivity index (χ1) is 13.8. The third-order valence-electron chi connectivity index (χ3n) is 5.98. The van der Waals surface area contributed by atoms with Crippen molar-refractivity contribution in [3.63, 3.8) is 0 Å². The Morgan fingerprint density at radius 1 is 1.14 bits per heavy atom. The van der Waals surface area contributed by atoms with Crippen LogP contribution in [-0.2, 0) is 16.6 Å². The molecular weight excluding hydrogens is 365 g/mol. The number of halogens is 1. The van der Waals surface area contributed by atoms with Gasteiger partial charge in [0.15, 0.2) is 0 Å². The van der Waals surface area contributed by atoms with E-state index in [2.05, 4.69) is 43.1 Å². The quantitative estimate of drug-likeness (QED) is 0.742. The summed E-state index contributed by atoms with van der Waals surface area (Å²) < 4.78 is 14.1. The van der Waals surface area contributed by atoms with Crippen LogP contribution in [0, 0.1) is 17.7 Å². The molecule has 0 aliphatic heterocycles. The number of aliphatic carboxylic acids is 1. The Morgan fingerprint density at radius 3 is 2.48 bits per heavy atom. The predicted octanol–water partition coefficient (Wildman–Crippen LogP) is 4.72. The summed E-state index contributed by atoms with van der Waals surface area (Å²) in [6.45, 7) is 4.57. The van der Waals surface area contributed by atoms with Crippen LogP contribution >= 0.6 is 0 Å². The van der Waals surface area contributed by atoms with Crippen molar-refractivity contribution in [1.29, 1.82) is 0 Å². The normalized spacial score (nSPS) is 19.8. The van der Waals surface area contributed by atoms with Gasteiger partial charge in [-0.3, -0.25) is 4.79 Å². The number of benzene rings is 2. The Bertz CT molecular complexity index is 1010. The van der Waals surface area contributed by atoms with E-state index >= 15 is 0 Å². The highest BCUT2D eigenvalue weighted by Gasteiger charge is 2.35. The predicted molar refractivity (Wildman–Crippen MR) is 111 cm³/mol. The number of fused-ring (bicyclic) bond motifs is 1. The van der Waals surface area contributed by atoms with Crippen LogP contribution in [0.15, 0.2) is 36.4 Å². The Hall–Kier alpha value is -2.64. The van der Waals surface area contributed by atoms with Crippen LogP contribution in [0.3, 0.4) is 0 Å². The zero-order valence-electron chi connectivity index (χ0n) is 16.9. The first-order valence-corrected chi connectivity index (χ1v) is 10.2. The maximum atomic E-state index is 14.1. The molecule has 2 aromatic carbocycles. The summed E-state index contributed by atoms with van der Waals surface area (Å²) in [5.74, 6) is 4.59.